The first kappa shape index (κ1) is 23.8. The van der Waals surface area contributed by atoms with Crippen LogP contribution in [0.2, 0.25) is 0 Å². The van der Waals surface area contributed by atoms with Gasteiger partial charge in [-0.05, 0) is 60.9 Å². The predicted octanol–water partition coefficient (Wildman–Crippen LogP) is 4.20. The highest BCUT2D eigenvalue weighted by Gasteiger charge is 2.24. The second-order valence-corrected chi connectivity index (χ2v) is 9.78. The van der Waals surface area contributed by atoms with E-state index in [1.807, 2.05) is 0 Å². The first-order valence-electron chi connectivity index (χ1n) is 11.0. The van der Waals surface area contributed by atoms with E-state index in [9.17, 15) is 17.6 Å². The molecule has 3 aromatic rings. The predicted molar refractivity (Wildman–Crippen MR) is 122 cm³/mol. The topological polar surface area (TPSA) is 103 Å². The molecule has 0 N–H and O–H groups in total. The number of halogens is 1. The molecule has 2 aromatic carbocycles. The minimum Gasteiger partial charge on any atom is -0.452 e. The van der Waals surface area contributed by atoms with Crippen molar-refractivity contribution >= 4 is 22.1 Å². The van der Waals surface area contributed by atoms with Gasteiger partial charge in [-0.2, -0.15) is 9.29 Å². The molecule has 0 radical (unpaired) electrons. The maximum absolute atomic E-state index is 13.0. The maximum atomic E-state index is 13.0. The fourth-order valence-electron chi connectivity index (χ4n) is 3.56. The third-order valence-electron chi connectivity index (χ3n) is 5.40. The van der Waals surface area contributed by atoms with Gasteiger partial charge in [0, 0.05) is 24.7 Å². The van der Waals surface area contributed by atoms with Crippen LogP contribution in [-0.4, -0.2) is 41.9 Å². The summed E-state index contributed by atoms with van der Waals surface area (Å²) in [7, 11) is -3.52. The molecule has 0 saturated carbocycles. The minimum absolute atomic E-state index is 0.101. The van der Waals surface area contributed by atoms with E-state index in [1.165, 1.54) is 36.4 Å². The van der Waals surface area contributed by atoms with Crippen LogP contribution in [0.15, 0.2) is 64.0 Å². The van der Waals surface area contributed by atoms with E-state index in [1.54, 1.807) is 28.6 Å². The Morgan fingerprint density at radius 1 is 1.03 bits per heavy atom. The summed E-state index contributed by atoms with van der Waals surface area (Å²) in [5.41, 5.74) is 1.23. The molecule has 4 rings (SSSR count). The lowest BCUT2D eigenvalue weighted by Gasteiger charge is -2.19. The monoisotopic (exact) mass is 485 g/mol. The molecule has 1 aromatic heterocycles. The number of sulfonamides is 1. The van der Waals surface area contributed by atoms with Crippen molar-refractivity contribution < 1.29 is 26.9 Å². The van der Waals surface area contributed by atoms with Gasteiger partial charge in [-0.3, -0.25) is 0 Å². The van der Waals surface area contributed by atoms with Gasteiger partial charge in [0.1, 0.15) is 5.82 Å². The van der Waals surface area contributed by atoms with E-state index < -0.39 is 16.0 Å². The lowest BCUT2D eigenvalue weighted by Crippen LogP contribution is -2.31. The number of hydrogen-bond donors (Lipinski definition) is 0. The lowest BCUT2D eigenvalue weighted by molar-refractivity contribution is -0.139. The highest BCUT2D eigenvalue weighted by molar-refractivity contribution is 7.89. The number of carbonyl (C=O) groups excluding carboxylic acids is 1. The molecule has 8 nitrogen and oxygen atoms in total. The van der Waals surface area contributed by atoms with Crippen LogP contribution in [0.3, 0.4) is 0 Å². The van der Waals surface area contributed by atoms with Crippen molar-refractivity contribution in [3.63, 3.8) is 0 Å². The van der Waals surface area contributed by atoms with Gasteiger partial charge in [-0.25, -0.2) is 17.6 Å². The molecule has 1 aliphatic rings. The Kier molecular flexibility index (Phi) is 7.49. The van der Waals surface area contributed by atoms with E-state index in [4.69, 9.17) is 9.26 Å². The molecule has 10 heteroatoms. The van der Waals surface area contributed by atoms with Crippen molar-refractivity contribution in [3.05, 3.63) is 71.9 Å². The molecule has 1 aliphatic heterocycles. The average Bonchev–Trinajstić information content (AvgIpc) is 3.14. The number of nitrogens with zero attached hydrogens (tertiary/aromatic N) is 3. The lowest BCUT2D eigenvalue weighted by atomic mass is 10.2. The number of ether oxygens (including phenoxy) is 1. The number of rotatable bonds is 7. The van der Waals surface area contributed by atoms with Gasteiger partial charge in [-0.15, -0.1) is 0 Å². The third kappa shape index (κ3) is 5.95. The summed E-state index contributed by atoms with van der Waals surface area (Å²) in [6, 6.07) is 12.0. The normalized spacial score (nSPS) is 15.3. The summed E-state index contributed by atoms with van der Waals surface area (Å²) in [6.45, 7) is 0.868. The van der Waals surface area contributed by atoms with Gasteiger partial charge >= 0.3 is 5.97 Å². The second kappa shape index (κ2) is 10.7. The number of benzene rings is 2. The molecule has 0 spiro atoms. The Morgan fingerprint density at radius 2 is 1.71 bits per heavy atom. The number of hydrogen-bond acceptors (Lipinski definition) is 7. The molecule has 0 bridgehead atoms. The zero-order valence-corrected chi connectivity index (χ0v) is 19.2. The quantitative estimate of drug-likeness (QED) is 0.365. The summed E-state index contributed by atoms with van der Waals surface area (Å²) in [5, 5.41) is 3.78. The van der Waals surface area contributed by atoms with Crippen molar-refractivity contribution in [3.8, 4) is 11.4 Å². The van der Waals surface area contributed by atoms with Crippen molar-refractivity contribution in [1.29, 1.82) is 0 Å². The van der Waals surface area contributed by atoms with E-state index in [2.05, 4.69) is 10.1 Å². The standard InChI is InChI=1S/C24H24FN3O5S/c25-20-10-8-19(9-11-20)24-26-22(33-27-24)17-32-23(29)14-7-18-5-12-21(13-6-18)34(30,31)28-15-3-1-2-4-16-28/h5-14H,1-4,15-17H2/b14-7+. The van der Waals surface area contributed by atoms with Crippen molar-refractivity contribution in [2.24, 2.45) is 0 Å². The van der Waals surface area contributed by atoms with Crippen molar-refractivity contribution in [2.75, 3.05) is 13.1 Å². The zero-order chi connectivity index (χ0) is 24.0. The van der Waals surface area contributed by atoms with Gasteiger partial charge in [0.25, 0.3) is 5.89 Å². The largest absolute Gasteiger partial charge is 0.452 e. The van der Waals surface area contributed by atoms with Crippen LogP contribution < -0.4 is 0 Å². The molecule has 0 aliphatic carbocycles. The molecule has 1 saturated heterocycles. The molecule has 1 fully saturated rings. The second-order valence-electron chi connectivity index (χ2n) is 7.85. The highest BCUT2D eigenvalue weighted by atomic mass is 32.2. The number of esters is 1. The van der Waals surface area contributed by atoms with Crippen LogP contribution in [0, 0.1) is 5.82 Å². The number of aromatic nitrogens is 2. The molecule has 2 heterocycles. The van der Waals surface area contributed by atoms with Crippen LogP contribution in [0.4, 0.5) is 4.39 Å². The van der Waals surface area contributed by atoms with E-state index in [-0.39, 0.29) is 29.0 Å². The minimum atomic E-state index is -3.52. The van der Waals surface area contributed by atoms with Gasteiger partial charge in [0.2, 0.25) is 15.8 Å². The molecule has 178 valence electrons. The molecule has 0 unspecified atom stereocenters. The fourth-order valence-corrected chi connectivity index (χ4v) is 5.07. The molecule has 34 heavy (non-hydrogen) atoms. The van der Waals surface area contributed by atoms with E-state index >= 15 is 0 Å². The smallest absolute Gasteiger partial charge is 0.331 e. The van der Waals surface area contributed by atoms with Crippen molar-refractivity contribution in [1.82, 2.24) is 14.4 Å². The average molecular weight is 486 g/mol. The van der Waals surface area contributed by atoms with Crippen LogP contribution in [0.25, 0.3) is 17.5 Å². The highest BCUT2D eigenvalue weighted by Crippen LogP contribution is 2.21. The summed E-state index contributed by atoms with van der Waals surface area (Å²) in [5.74, 6) is -0.634. The SMILES string of the molecule is O=C(/C=C/c1ccc(S(=O)(=O)N2CCCCCC2)cc1)OCc1nc(-c2ccc(F)cc2)no1. The third-order valence-corrected chi connectivity index (χ3v) is 7.32. The molecule has 0 amide bonds. The molecular weight excluding hydrogens is 461 g/mol. The summed E-state index contributed by atoms with van der Waals surface area (Å²) in [4.78, 5) is 16.4. The van der Waals surface area contributed by atoms with Gasteiger partial charge in [0.15, 0.2) is 6.61 Å². The maximum Gasteiger partial charge on any atom is 0.331 e. The van der Waals surface area contributed by atoms with Crippen molar-refractivity contribution in [2.45, 2.75) is 37.2 Å². The van der Waals surface area contributed by atoms with Crippen LogP contribution in [0.1, 0.15) is 37.1 Å². The molecule has 0 atom stereocenters. The first-order chi connectivity index (χ1) is 16.4. The van der Waals surface area contributed by atoms with E-state index in [0.717, 1.165) is 25.7 Å². The summed E-state index contributed by atoms with van der Waals surface area (Å²) in [6.07, 6.45) is 6.61. The van der Waals surface area contributed by atoms with Gasteiger partial charge in [-0.1, -0.05) is 30.1 Å². The fraction of sp³-hybridized carbons (Fsp3) is 0.292. The Hall–Kier alpha value is -3.37. The summed E-state index contributed by atoms with van der Waals surface area (Å²) >= 11 is 0. The van der Waals surface area contributed by atoms with Crippen LogP contribution in [-0.2, 0) is 26.2 Å². The Labute approximate surface area is 197 Å². The van der Waals surface area contributed by atoms with Crippen LogP contribution >= 0.6 is 0 Å². The first-order valence-corrected chi connectivity index (χ1v) is 12.4. The van der Waals surface area contributed by atoms with Crippen LogP contribution in [0.5, 0.6) is 0 Å². The zero-order valence-electron chi connectivity index (χ0n) is 18.4. The summed E-state index contributed by atoms with van der Waals surface area (Å²) < 4.78 is 50.4. The Balaban J connectivity index is 1.31. The number of carbonyl (C=O) groups is 1. The Bertz CT molecular complexity index is 1250. The van der Waals surface area contributed by atoms with E-state index in [0.29, 0.717) is 24.2 Å². The van der Waals surface area contributed by atoms with Gasteiger partial charge in [0.05, 0.1) is 4.90 Å². The van der Waals surface area contributed by atoms with Gasteiger partial charge < -0.3 is 9.26 Å². The molecular formula is C24H24FN3O5S. The Morgan fingerprint density at radius 3 is 2.38 bits per heavy atom.